The molecule has 0 radical (unpaired) electrons. The minimum absolute atomic E-state index is 0.676. The Balaban J connectivity index is 1.69. The number of nitrogens with two attached hydrogens (primary N) is 1. The van der Waals surface area contributed by atoms with Crippen LogP contribution in [-0.2, 0) is 6.54 Å². The van der Waals surface area contributed by atoms with E-state index in [4.69, 9.17) is 15.2 Å². The summed E-state index contributed by atoms with van der Waals surface area (Å²) < 4.78 is 7.71. The molecule has 3 heterocycles. The Morgan fingerprint density at radius 3 is 2.45 bits per heavy atom. The van der Waals surface area contributed by atoms with Crippen LogP contribution in [-0.4, -0.2) is 52.8 Å². The molecule has 0 amide bonds. The third-order valence-corrected chi connectivity index (χ3v) is 6.15. The SMILES string of the molecule is Cc1noc(C)c1-c1cc(N)c2nc(N3CCN(C)CC3)n(Cc3ccccc3)c2c1. The molecule has 0 saturated carbocycles. The smallest absolute Gasteiger partial charge is 0.207 e. The fourth-order valence-electron chi connectivity index (χ4n) is 4.45. The van der Waals surface area contributed by atoms with Crippen molar-refractivity contribution in [2.24, 2.45) is 0 Å². The van der Waals surface area contributed by atoms with Crippen LogP contribution >= 0.6 is 0 Å². The molecule has 1 fully saturated rings. The number of aryl methyl sites for hydroxylation is 2. The summed E-state index contributed by atoms with van der Waals surface area (Å²) in [5.41, 5.74) is 13.2. The normalized spacial score (nSPS) is 15.1. The van der Waals surface area contributed by atoms with Gasteiger partial charge in [0.1, 0.15) is 11.3 Å². The Bertz CT molecular complexity index is 1200. The molecule has 0 unspecified atom stereocenters. The lowest BCUT2D eigenvalue weighted by molar-refractivity contribution is 0.310. The largest absolute Gasteiger partial charge is 0.397 e. The molecule has 0 spiro atoms. The average molecular weight is 417 g/mol. The molecule has 0 atom stereocenters. The zero-order valence-corrected chi connectivity index (χ0v) is 18.3. The monoisotopic (exact) mass is 416 g/mol. The van der Waals surface area contributed by atoms with Crippen LogP contribution in [0.3, 0.4) is 0 Å². The fourth-order valence-corrected chi connectivity index (χ4v) is 4.45. The van der Waals surface area contributed by atoms with Gasteiger partial charge in [0.25, 0.3) is 0 Å². The lowest BCUT2D eigenvalue weighted by Gasteiger charge is -2.33. The number of hydrogen-bond acceptors (Lipinski definition) is 6. The van der Waals surface area contributed by atoms with Crippen molar-refractivity contribution in [3.63, 3.8) is 0 Å². The molecule has 31 heavy (non-hydrogen) atoms. The maximum absolute atomic E-state index is 6.54. The van der Waals surface area contributed by atoms with Gasteiger partial charge in [0.05, 0.1) is 23.4 Å². The summed E-state index contributed by atoms with van der Waals surface area (Å²) in [5, 5.41) is 4.13. The molecule has 7 heteroatoms. The molecule has 160 valence electrons. The van der Waals surface area contributed by atoms with Crippen LogP contribution in [0.5, 0.6) is 0 Å². The molecule has 2 aromatic heterocycles. The molecule has 1 aliphatic heterocycles. The number of rotatable bonds is 4. The minimum atomic E-state index is 0.676. The first-order valence-corrected chi connectivity index (χ1v) is 10.7. The second-order valence-electron chi connectivity index (χ2n) is 8.41. The zero-order chi connectivity index (χ0) is 21.5. The number of benzene rings is 2. The van der Waals surface area contributed by atoms with Gasteiger partial charge in [-0.1, -0.05) is 35.5 Å². The van der Waals surface area contributed by atoms with Gasteiger partial charge in [0.15, 0.2) is 0 Å². The van der Waals surface area contributed by atoms with Crippen molar-refractivity contribution in [3.05, 3.63) is 59.5 Å². The quantitative estimate of drug-likeness (QED) is 0.512. The summed E-state index contributed by atoms with van der Waals surface area (Å²) in [6, 6.07) is 14.7. The van der Waals surface area contributed by atoms with Crippen LogP contribution < -0.4 is 10.6 Å². The van der Waals surface area contributed by atoms with Crippen LogP contribution in [0.1, 0.15) is 17.0 Å². The number of likely N-dealkylation sites (N-methyl/N-ethyl adjacent to an activating group) is 1. The van der Waals surface area contributed by atoms with E-state index < -0.39 is 0 Å². The summed E-state index contributed by atoms with van der Waals surface area (Å²) in [4.78, 5) is 9.76. The Labute approximate surface area is 182 Å². The summed E-state index contributed by atoms with van der Waals surface area (Å²) >= 11 is 0. The molecule has 1 aliphatic rings. The first-order chi connectivity index (χ1) is 15.0. The van der Waals surface area contributed by atoms with E-state index in [0.717, 1.165) is 72.3 Å². The molecule has 7 nitrogen and oxygen atoms in total. The van der Waals surface area contributed by atoms with E-state index >= 15 is 0 Å². The van der Waals surface area contributed by atoms with Gasteiger partial charge in [-0.25, -0.2) is 4.98 Å². The molecular formula is C24H28N6O. The van der Waals surface area contributed by atoms with Crippen molar-refractivity contribution in [2.45, 2.75) is 20.4 Å². The van der Waals surface area contributed by atoms with Crippen molar-refractivity contribution < 1.29 is 4.52 Å². The zero-order valence-electron chi connectivity index (χ0n) is 18.3. The maximum atomic E-state index is 6.54. The topological polar surface area (TPSA) is 76.3 Å². The summed E-state index contributed by atoms with van der Waals surface area (Å²) in [5.74, 6) is 1.78. The van der Waals surface area contributed by atoms with Gasteiger partial charge in [0, 0.05) is 31.7 Å². The highest BCUT2D eigenvalue weighted by atomic mass is 16.5. The van der Waals surface area contributed by atoms with Gasteiger partial charge in [-0.05, 0) is 44.2 Å². The Morgan fingerprint density at radius 2 is 1.77 bits per heavy atom. The molecule has 2 N–H and O–H groups in total. The van der Waals surface area contributed by atoms with Crippen molar-refractivity contribution in [3.8, 4) is 11.1 Å². The number of imidazole rings is 1. The summed E-state index contributed by atoms with van der Waals surface area (Å²) in [6.07, 6.45) is 0. The van der Waals surface area contributed by atoms with E-state index in [2.05, 4.69) is 56.9 Å². The fraction of sp³-hybridized carbons (Fsp3) is 0.333. The molecule has 4 aromatic rings. The molecule has 1 saturated heterocycles. The molecule has 0 aliphatic carbocycles. The van der Waals surface area contributed by atoms with Crippen LogP contribution in [0, 0.1) is 13.8 Å². The molecule has 0 bridgehead atoms. The highest BCUT2D eigenvalue weighted by molar-refractivity contribution is 5.94. The Morgan fingerprint density at radius 1 is 1.03 bits per heavy atom. The number of nitrogens with zero attached hydrogens (tertiary/aromatic N) is 5. The van der Waals surface area contributed by atoms with Crippen molar-refractivity contribution >= 4 is 22.7 Å². The number of piperazine rings is 1. The second-order valence-corrected chi connectivity index (χ2v) is 8.41. The van der Waals surface area contributed by atoms with E-state index in [1.807, 2.05) is 26.0 Å². The molecule has 5 rings (SSSR count). The maximum Gasteiger partial charge on any atom is 0.207 e. The second kappa shape index (κ2) is 7.74. The predicted octanol–water partition coefficient (Wildman–Crippen LogP) is 3.69. The number of fused-ring (bicyclic) bond motifs is 1. The van der Waals surface area contributed by atoms with Gasteiger partial charge in [-0.3, -0.25) is 0 Å². The van der Waals surface area contributed by atoms with E-state index in [0.29, 0.717) is 5.69 Å². The number of nitrogen functional groups attached to an aromatic ring is 1. The van der Waals surface area contributed by atoms with E-state index in [9.17, 15) is 0 Å². The first-order valence-electron chi connectivity index (χ1n) is 10.7. The third kappa shape index (κ3) is 3.55. The first kappa shape index (κ1) is 19.6. The van der Waals surface area contributed by atoms with Crippen molar-refractivity contribution in [2.75, 3.05) is 43.9 Å². The van der Waals surface area contributed by atoms with E-state index in [1.54, 1.807) is 0 Å². The van der Waals surface area contributed by atoms with Crippen LogP contribution in [0.25, 0.3) is 22.2 Å². The average Bonchev–Trinajstić information content (AvgIpc) is 3.29. The number of aromatic nitrogens is 3. The Hall–Kier alpha value is -3.32. The highest BCUT2D eigenvalue weighted by Crippen LogP contribution is 2.35. The van der Waals surface area contributed by atoms with Crippen LogP contribution in [0.15, 0.2) is 47.0 Å². The lowest BCUT2D eigenvalue weighted by atomic mass is 10.0. The number of hydrogen-bond donors (Lipinski definition) is 1. The van der Waals surface area contributed by atoms with Crippen molar-refractivity contribution in [1.82, 2.24) is 19.6 Å². The Kier molecular flexibility index (Phi) is 4.90. The predicted molar refractivity (Wildman–Crippen MR) is 124 cm³/mol. The van der Waals surface area contributed by atoms with E-state index in [-0.39, 0.29) is 0 Å². The third-order valence-electron chi connectivity index (χ3n) is 6.15. The van der Waals surface area contributed by atoms with Gasteiger partial charge in [-0.2, -0.15) is 0 Å². The minimum Gasteiger partial charge on any atom is -0.397 e. The number of anilines is 2. The van der Waals surface area contributed by atoms with Gasteiger partial charge < -0.3 is 24.6 Å². The standard InChI is InChI=1S/C24H28N6O/c1-16-22(17(2)31-27-16)19-13-20(25)23-21(14-19)30(15-18-7-5-4-6-8-18)24(26-23)29-11-9-28(3)10-12-29/h4-8,13-14H,9-12,15,25H2,1-3H3. The van der Waals surface area contributed by atoms with Crippen LogP contribution in [0.2, 0.25) is 0 Å². The van der Waals surface area contributed by atoms with Gasteiger partial charge in [-0.15, -0.1) is 0 Å². The van der Waals surface area contributed by atoms with Gasteiger partial charge >= 0.3 is 0 Å². The highest BCUT2D eigenvalue weighted by Gasteiger charge is 2.23. The van der Waals surface area contributed by atoms with E-state index in [1.165, 1.54) is 5.56 Å². The van der Waals surface area contributed by atoms with Crippen LogP contribution in [0.4, 0.5) is 11.6 Å². The summed E-state index contributed by atoms with van der Waals surface area (Å²) in [7, 11) is 2.16. The van der Waals surface area contributed by atoms with Gasteiger partial charge in [0.2, 0.25) is 5.95 Å². The lowest BCUT2D eigenvalue weighted by Crippen LogP contribution is -2.45. The van der Waals surface area contributed by atoms with Crippen molar-refractivity contribution in [1.29, 1.82) is 0 Å². The molecular weight excluding hydrogens is 388 g/mol. The molecule has 2 aromatic carbocycles. The summed E-state index contributed by atoms with van der Waals surface area (Å²) in [6.45, 7) is 8.58.